The number of halogens is 4. The van der Waals surface area contributed by atoms with E-state index in [1.165, 1.54) is 31.5 Å². The van der Waals surface area contributed by atoms with Crippen molar-refractivity contribution in [3.63, 3.8) is 0 Å². The summed E-state index contributed by atoms with van der Waals surface area (Å²) in [6, 6.07) is 11.1. The zero-order chi connectivity index (χ0) is 22.2. The zero-order valence-electron chi connectivity index (χ0n) is 15.8. The third kappa shape index (κ3) is 4.22. The predicted molar refractivity (Wildman–Crippen MR) is 110 cm³/mol. The number of nitrogens with one attached hydrogen (secondary N) is 1. The summed E-state index contributed by atoms with van der Waals surface area (Å²) in [4.78, 5) is 24.1. The molecule has 7 nitrogen and oxygen atoms in total. The Labute approximate surface area is 182 Å². The third-order valence-corrected chi connectivity index (χ3v) is 4.80. The van der Waals surface area contributed by atoms with Crippen LogP contribution in [0.2, 0.25) is 0 Å². The molecular formula is C20H13BrF3N5O2. The number of nitrogens with zero attached hydrogens (tertiary/aromatic N) is 4. The van der Waals surface area contributed by atoms with Crippen molar-refractivity contribution in [2.75, 3.05) is 12.4 Å². The van der Waals surface area contributed by atoms with Crippen molar-refractivity contribution in [1.29, 1.82) is 0 Å². The Balaban J connectivity index is 1.69. The second kappa shape index (κ2) is 7.99. The van der Waals surface area contributed by atoms with E-state index in [1.807, 2.05) is 0 Å². The molecule has 0 aliphatic carbocycles. The van der Waals surface area contributed by atoms with E-state index in [0.717, 1.165) is 15.2 Å². The van der Waals surface area contributed by atoms with Crippen LogP contribution in [0.4, 0.5) is 19.0 Å². The molecule has 0 unspecified atom stereocenters. The lowest BCUT2D eigenvalue weighted by molar-refractivity contribution is -0.145. The molecule has 31 heavy (non-hydrogen) atoms. The van der Waals surface area contributed by atoms with Gasteiger partial charge in [-0.1, -0.05) is 22.0 Å². The molecule has 0 saturated heterocycles. The summed E-state index contributed by atoms with van der Waals surface area (Å²) in [6.07, 6.45) is -2.40. The van der Waals surface area contributed by atoms with Crippen LogP contribution in [0.1, 0.15) is 16.2 Å². The van der Waals surface area contributed by atoms with Gasteiger partial charge >= 0.3 is 6.18 Å². The lowest BCUT2D eigenvalue weighted by atomic mass is 10.2. The highest BCUT2D eigenvalue weighted by atomic mass is 79.9. The van der Waals surface area contributed by atoms with E-state index in [0.29, 0.717) is 11.3 Å². The normalized spacial score (nSPS) is 11.5. The number of alkyl halides is 3. The molecule has 0 saturated carbocycles. The Morgan fingerprint density at radius 1 is 1.13 bits per heavy atom. The SMILES string of the molecule is COc1ccc2c(c1)nc(C(F)(F)F)n2-c1cnc(NC(=O)c2cccc(Br)c2)cn1. The first kappa shape index (κ1) is 20.8. The molecular weight excluding hydrogens is 479 g/mol. The minimum atomic E-state index is -4.72. The Morgan fingerprint density at radius 2 is 1.94 bits per heavy atom. The molecule has 2 aromatic carbocycles. The summed E-state index contributed by atoms with van der Waals surface area (Å²) >= 11 is 3.28. The van der Waals surface area contributed by atoms with Crippen molar-refractivity contribution >= 4 is 38.7 Å². The molecule has 0 spiro atoms. The summed E-state index contributed by atoms with van der Waals surface area (Å²) < 4.78 is 47.5. The smallest absolute Gasteiger partial charge is 0.450 e. The monoisotopic (exact) mass is 491 g/mol. The van der Waals surface area contributed by atoms with Crippen LogP contribution in [0.3, 0.4) is 0 Å². The maximum absolute atomic E-state index is 13.6. The van der Waals surface area contributed by atoms with E-state index < -0.39 is 17.9 Å². The van der Waals surface area contributed by atoms with Gasteiger partial charge in [-0.25, -0.2) is 15.0 Å². The number of rotatable bonds is 4. The maximum Gasteiger partial charge on any atom is 0.450 e. The zero-order valence-corrected chi connectivity index (χ0v) is 17.4. The summed E-state index contributed by atoms with van der Waals surface area (Å²) in [7, 11) is 1.41. The van der Waals surface area contributed by atoms with Crippen LogP contribution >= 0.6 is 15.9 Å². The van der Waals surface area contributed by atoms with E-state index in [-0.39, 0.29) is 22.7 Å². The average Bonchev–Trinajstić information content (AvgIpc) is 3.13. The van der Waals surface area contributed by atoms with E-state index in [4.69, 9.17) is 4.74 Å². The van der Waals surface area contributed by atoms with Crippen molar-refractivity contribution < 1.29 is 22.7 Å². The van der Waals surface area contributed by atoms with Gasteiger partial charge in [-0.2, -0.15) is 13.2 Å². The molecule has 2 heterocycles. The fourth-order valence-corrected chi connectivity index (χ4v) is 3.33. The van der Waals surface area contributed by atoms with Gasteiger partial charge in [0, 0.05) is 16.1 Å². The van der Waals surface area contributed by atoms with Gasteiger partial charge in [0.2, 0.25) is 5.82 Å². The van der Waals surface area contributed by atoms with Gasteiger partial charge in [-0.3, -0.25) is 9.36 Å². The largest absolute Gasteiger partial charge is 0.497 e. The first-order valence-electron chi connectivity index (χ1n) is 8.79. The first-order chi connectivity index (χ1) is 14.8. The van der Waals surface area contributed by atoms with Crippen molar-refractivity contribution in [2.45, 2.75) is 6.18 Å². The predicted octanol–water partition coefficient (Wildman–Crippen LogP) is 4.86. The lowest BCUT2D eigenvalue weighted by Crippen LogP contribution is -2.16. The second-order valence-electron chi connectivity index (χ2n) is 6.35. The fourth-order valence-electron chi connectivity index (χ4n) is 2.93. The number of aromatic nitrogens is 4. The highest BCUT2D eigenvalue weighted by Crippen LogP contribution is 2.34. The summed E-state index contributed by atoms with van der Waals surface area (Å²) in [5.74, 6) is -1.20. The standard InChI is InChI=1S/C20H13BrF3N5O2/c1-31-13-5-6-15-14(8-13)27-19(20(22,23)24)29(15)17-10-25-16(9-26-17)28-18(30)11-3-2-4-12(21)7-11/h2-10H,1H3,(H,25,28,30). The number of amides is 1. The Morgan fingerprint density at radius 3 is 2.58 bits per heavy atom. The van der Waals surface area contributed by atoms with Crippen LogP contribution in [0.15, 0.2) is 59.3 Å². The number of carbonyl (C=O) groups excluding carboxylic acids is 1. The lowest BCUT2D eigenvalue weighted by Gasteiger charge is -2.11. The number of carbonyl (C=O) groups is 1. The Hall–Kier alpha value is -3.47. The van der Waals surface area contributed by atoms with Crippen LogP contribution in [0.25, 0.3) is 16.9 Å². The number of imidazole rings is 1. The highest BCUT2D eigenvalue weighted by molar-refractivity contribution is 9.10. The third-order valence-electron chi connectivity index (χ3n) is 4.31. The van der Waals surface area contributed by atoms with Crippen LogP contribution < -0.4 is 10.1 Å². The summed E-state index contributed by atoms with van der Waals surface area (Å²) in [6.45, 7) is 0. The minimum Gasteiger partial charge on any atom is -0.497 e. The average molecular weight is 492 g/mol. The molecule has 2 aromatic heterocycles. The quantitative estimate of drug-likeness (QED) is 0.440. The molecule has 0 aliphatic heterocycles. The number of fused-ring (bicyclic) bond motifs is 1. The molecule has 4 aromatic rings. The number of ether oxygens (including phenoxy) is 1. The van der Waals surface area contributed by atoms with Gasteiger partial charge in [-0.15, -0.1) is 0 Å². The molecule has 0 fully saturated rings. The maximum atomic E-state index is 13.6. The second-order valence-corrected chi connectivity index (χ2v) is 7.26. The summed E-state index contributed by atoms with van der Waals surface area (Å²) in [5, 5.41) is 2.56. The van der Waals surface area contributed by atoms with Crippen LogP contribution in [0, 0.1) is 0 Å². The van der Waals surface area contributed by atoms with E-state index in [2.05, 4.69) is 36.2 Å². The fraction of sp³-hybridized carbons (Fsp3) is 0.100. The number of methoxy groups -OCH3 is 1. The molecule has 11 heteroatoms. The van der Waals surface area contributed by atoms with Crippen LogP contribution in [-0.4, -0.2) is 32.5 Å². The van der Waals surface area contributed by atoms with E-state index in [9.17, 15) is 18.0 Å². The van der Waals surface area contributed by atoms with Crippen LogP contribution in [0.5, 0.6) is 5.75 Å². The molecule has 0 radical (unpaired) electrons. The molecule has 0 atom stereocenters. The van der Waals surface area contributed by atoms with Gasteiger partial charge in [0.25, 0.3) is 5.91 Å². The highest BCUT2D eigenvalue weighted by Gasteiger charge is 2.38. The number of hydrogen-bond donors (Lipinski definition) is 1. The number of benzene rings is 2. The minimum absolute atomic E-state index is 0.0911. The molecule has 0 aliphatic rings. The van der Waals surface area contributed by atoms with E-state index >= 15 is 0 Å². The van der Waals surface area contributed by atoms with E-state index in [1.54, 1.807) is 24.3 Å². The molecule has 158 valence electrons. The Bertz CT molecular complexity index is 1270. The molecule has 1 N–H and O–H groups in total. The van der Waals surface area contributed by atoms with Crippen molar-refractivity contribution in [1.82, 2.24) is 19.5 Å². The van der Waals surface area contributed by atoms with Gasteiger partial charge in [0.15, 0.2) is 11.6 Å². The van der Waals surface area contributed by atoms with Crippen molar-refractivity contribution in [3.8, 4) is 11.6 Å². The summed E-state index contributed by atoms with van der Waals surface area (Å²) in [5.41, 5.74) is 0.669. The number of anilines is 1. The molecule has 4 rings (SSSR count). The van der Waals surface area contributed by atoms with Gasteiger partial charge < -0.3 is 10.1 Å². The van der Waals surface area contributed by atoms with Gasteiger partial charge in [-0.05, 0) is 30.3 Å². The van der Waals surface area contributed by atoms with Crippen molar-refractivity contribution in [3.05, 3.63) is 70.7 Å². The molecule has 1 amide bonds. The van der Waals surface area contributed by atoms with Crippen LogP contribution in [-0.2, 0) is 6.18 Å². The van der Waals surface area contributed by atoms with Crippen molar-refractivity contribution in [2.24, 2.45) is 0 Å². The van der Waals surface area contributed by atoms with Gasteiger partial charge in [0.05, 0.1) is 30.5 Å². The first-order valence-corrected chi connectivity index (χ1v) is 9.58. The topological polar surface area (TPSA) is 81.9 Å². The van der Waals surface area contributed by atoms with Gasteiger partial charge in [0.1, 0.15) is 5.75 Å². The molecule has 0 bridgehead atoms. The number of hydrogen-bond acceptors (Lipinski definition) is 5. The Kier molecular flexibility index (Phi) is 5.36.